The highest BCUT2D eigenvalue weighted by molar-refractivity contribution is 7.91. The summed E-state index contributed by atoms with van der Waals surface area (Å²) in [5, 5.41) is 2.70. The summed E-state index contributed by atoms with van der Waals surface area (Å²) in [7, 11) is -4.66. The number of nitrogens with one attached hydrogen (secondary N) is 1. The quantitative estimate of drug-likeness (QED) is 0.600. The number of halogens is 2. The van der Waals surface area contributed by atoms with E-state index in [-0.39, 0.29) is 18.2 Å². The number of benzene rings is 3. The Bertz CT molecular complexity index is 1010. The van der Waals surface area contributed by atoms with Crippen LogP contribution in [0.1, 0.15) is 23.5 Å². The van der Waals surface area contributed by atoms with Gasteiger partial charge < -0.3 is 5.32 Å². The third-order valence-electron chi connectivity index (χ3n) is 4.49. The van der Waals surface area contributed by atoms with Gasteiger partial charge in [0.15, 0.2) is 0 Å². The third kappa shape index (κ3) is 5.06. The number of carbonyl (C=O) groups excluding carboxylic acids is 1. The first-order chi connectivity index (χ1) is 13.9. The summed E-state index contributed by atoms with van der Waals surface area (Å²) >= 11 is 0. The van der Waals surface area contributed by atoms with E-state index in [1.54, 1.807) is 0 Å². The molecular formula is C22H19F2NO3S. The van der Waals surface area contributed by atoms with Crippen molar-refractivity contribution in [2.75, 3.05) is 5.32 Å². The molecule has 0 saturated heterocycles. The third-order valence-corrected chi connectivity index (χ3v) is 5.89. The molecule has 29 heavy (non-hydrogen) atoms. The summed E-state index contributed by atoms with van der Waals surface area (Å²) < 4.78 is 48.2. The fraction of sp³-hybridized carbons (Fsp3) is 0.136. The summed E-state index contributed by atoms with van der Waals surface area (Å²) in [6.07, 6.45) is 0.172. The average Bonchev–Trinajstić information content (AvgIpc) is 2.73. The van der Waals surface area contributed by atoms with Crippen LogP contribution in [0.3, 0.4) is 0 Å². The van der Waals surface area contributed by atoms with Gasteiger partial charge in [-0.2, -0.15) is 8.78 Å². The van der Waals surface area contributed by atoms with Gasteiger partial charge in [0.2, 0.25) is 15.7 Å². The van der Waals surface area contributed by atoms with Crippen molar-refractivity contribution in [3.63, 3.8) is 0 Å². The Balaban J connectivity index is 1.76. The van der Waals surface area contributed by atoms with E-state index in [4.69, 9.17) is 0 Å². The van der Waals surface area contributed by atoms with Crippen molar-refractivity contribution < 1.29 is 22.0 Å². The number of alkyl halides is 2. The molecule has 7 heteroatoms. The number of carbonyl (C=O) groups is 1. The highest BCUT2D eigenvalue weighted by Gasteiger charge is 2.26. The minimum absolute atomic E-state index is 0.157. The van der Waals surface area contributed by atoms with Gasteiger partial charge >= 0.3 is 5.76 Å². The lowest BCUT2D eigenvalue weighted by atomic mass is 9.88. The lowest BCUT2D eigenvalue weighted by Crippen LogP contribution is -2.17. The van der Waals surface area contributed by atoms with E-state index in [9.17, 15) is 22.0 Å². The first-order valence-electron chi connectivity index (χ1n) is 8.90. The van der Waals surface area contributed by atoms with Crippen LogP contribution in [0.4, 0.5) is 14.5 Å². The lowest BCUT2D eigenvalue weighted by molar-refractivity contribution is -0.116. The molecule has 0 aromatic heterocycles. The van der Waals surface area contributed by atoms with E-state index in [2.05, 4.69) is 5.32 Å². The predicted molar refractivity (Wildman–Crippen MR) is 108 cm³/mol. The van der Waals surface area contributed by atoms with Gasteiger partial charge in [-0.3, -0.25) is 4.79 Å². The lowest BCUT2D eigenvalue weighted by Gasteiger charge is -2.18. The van der Waals surface area contributed by atoms with E-state index >= 15 is 0 Å². The Morgan fingerprint density at radius 3 is 1.72 bits per heavy atom. The molecule has 3 rings (SSSR count). The van der Waals surface area contributed by atoms with E-state index in [1.165, 1.54) is 12.1 Å². The molecule has 0 fully saturated rings. The van der Waals surface area contributed by atoms with Crippen LogP contribution in [0.25, 0.3) is 0 Å². The van der Waals surface area contributed by atoms with Crippen LogP contribution in [0, 0.1) is 0 Å². The number of sulfone groups is 1. The molecule has 0 spiro atoms. The zero-order valence-electron chi connectivity index (χ0n) is 15.3. The second-order valence-electron chi connectivity index (χ2n) is 6.46. The Hall–Kier alpha value is -3.06. The smallest absolute Gasteiger partial charge is 0.326 e. The van der Waals surface area contributed by atoms with Crippen molar-refractivity contribution in [1.82, 2.24) is 0 Å². The molecule has 150 valence electrons. The maximum atomic E-state index is 12.6. The van der Waals surface area contributed by atoms with E-state index < -0.39 is 20.5 Å². The van der Waals surface area contributed by atoms with Crippen molar-refractivity contribution in [1.29, 1.82) is 0 Å². The van der Waals surface area contributed by atoms with Gasteiger partial charge in [0.1, 0.15) is 0 Å². The summed E-state index contributed by atoms with van der Waals surface area (Å²) in [4.78, 5) is 12.1. The standard InChI is InChI=1S/C22H19F2NO3S/c23-22(24)29(27,28)19-13-11-18(12-14-19)25-21(26)15-20(16-7-3-1-4-8-16)17-9-5-2-6-10-17/h1-14,20,22H,15H2,(H,25,26). The normalized spacial score (nSPS) is 11.6. The molecular weight excluding hydrogens is 396 g/mol. The highest BCUT2D eigenvalue weighted by atomic mass is 32.2. The topological polar surface area (TPSA) is 63.2 Å². The molecule has 0 atom stereocenters. The number of hydrogen-bond acceptors (Lipinski definition) is 3. The molecule has 0 aliphatic rings. The fourth-order valence-corrected chi connectivity index (χ4v) is 3.75. The van der Waals surface area contributed by atoms with Crippen LogP contribution in [0.5, 0.6) is 0 Å². The molecule has 0 radical (unpaired) electrons. The van der Waals surface area contributed by atoms with Crippen molar-refractivity contribution in [2.45, 2.75) is 23.0 Å². The molecule has 1 amide bonds. The molecule has 1 N–H and O–H groups in total. The van der Waals surface area contributed by atoms with Crippen molar-refractivity contribution >= 4 is 21.4 Å². The summed E-state index contributed by atoms with van der Waals surface area (Å²) in [6.45, 7) is 0. The number of hydrogen-bond donors (Lipinski definition) is 1. The van der Waals surface area contributed by atoms with E-state index in [1.807, 2.05) is 60.7 Å². The molecule has 3 aromatic carbocycles. The maximum Gasteiger partial charge on any atom is 0.341 e. The van der Waals surface area contributed by atoms with Gasteiger partial charge in [0.25, 0.3) is 0 Å². The molecule has 0 unspecified atom stereocenters. The number of rotatable bonds is 7. The van der Waals surface area contributed by atoms with Crippen LogP contribution in [0.2, 0.25) is 0 Å². The molecule has 0 bridgehead atoms. The Morgan fingerprint density at radius 1 is 0.793 bits per heavy atom. The van der Waals surface area contributed by atoms with Crippen LogP contribution in [-0.2, 0) is 14.6 Å². The Morgan fingerprint density at radius 2 is 1.28 bits per heavy atom. The number of anilines is 1. The monoisotopic (exact) mass is 415 g/mol. The van der Waals surface area contributed by atoms with Gasteiger partial charge in [-0.1, -0.05) is 60.7 Å². The Labute approximate surface area is 168 Å². The summed E-state index contributed by atoms with van der Waals surface area (Å²) in [6, 6.07) is 24.0. The SMILES string of the molecule is O=C(CC(c1ccccc1)c1ccccc1)Nc1ccc(S(=O)(=O)C(F)F)cc1. The van der Waals surface area contributed by atoms with Crippen LogP contribution in [-0.4, -0.2) is 20.1 Å². The van der Waals surface area contributed by atoms with Crippen molar-refractivity contribution in [3.8, 4) is 0 Å². The second-order valence-corrected chi connectivity index (χ2v) is 8.37. The predicted octanol–water partition coefficient (Wildman–Crippen LogP) is 4.84. The van der Waals surface area contributed by atoms with Gasteiger partial charge in [-0.05, 0) is 35.4 Å². The van der Waals surface area contributed by atoms with E-state index in [0.717, 1.165) is 23.3 Å². The molecule has 0 heterocycles. The largest absolute Gasteiger partial charge is 0.341 e. The van der Waals surface area contributed by atoms with Gasteiger partial charge in [0, 0.05) is 18.0 Å². The maximum absolute atomic E-state index is 12.6. The minimum atomic E-state index is -4.66. The first-order valence-corrected chi connectivity index (χ1v) is 10.4. The van der Waals surface area contributed by atoms with Crippen molar-refractivity contribution in [3.05, 3.63) is 96.1 Å². The average molecular weight is 415 g/mol. The molecule has 3 aromatic rings. The highest BCUT2D eigenvalue weighted by Crippen LogP contribution is 2.28. The van der Waals surface area contributed by atoms with Crippen molar-refractivity contribution in [2.24, 2.45) is 0 Å². The zero-order valence-corrected chi connectivity index (χ0v) is 16.2. The van der Waals surface area contributed by atoms with Gasteiger partial charge in [-0.15, -0.1) is 0 Å². The zero-order chi connectivity index (χ0) is 20.9. The van der Waals surface area contributed by atoms with Crippen LogP contribution in [0.15, 0.2) is 89.8 Å². The Kier molecular flexibility index (Phi) is 6.39. The van der Waals surface area contributed by atoms with Crippen LogP contribution >= 0.6 is 0 Å². The van der Waals surface area contributed by atoms with Gasteiger partial charge in [-0.25, -0.2) is 8.42 Å². The molecule has 4 nitrogen and oxygen atoms in total. The summed E-state index contributed by atoms with van der Waals surface area (Å²) in [5.41, 5.74) is 2.32. The summed E-state index contributed by atoms with van der Waals surface area (Å²) in [5.74, 6) is -3.91. The van der Waals surface area contributed by atoms with Gasteiger partial charge in [0.05, 0.1) is 4.90 Å². The number of amides is 1. The first kappa shape index (κ1) is 20.7. The minimum Gasteiger partial charge on any atom is -0.326 e. The molecule has 0 saturated carbocycles. The molecule has 0 aliphatic heterocycles. The second kappa shape index (κ2) is 8.96. The fourth-order valence-electron chi connectivity index (χ4n) is 3.03. The molecule has 0 aliphatic carbocycles. The van der Waals surface area contributed by atoms with Crippen LogP contribution < -0.4 is 5.32 Å². The van der Waals surface area contributed by atoms with E-state index in [0.29, 0.717) is 5.69 Å².